The molecular weight excluding hydrogens is 186 g/mol. The topological polar surface area (TPSA) is 32.3 Å². The molecule has 2 nitrogen and oxygen atoms in total. The summed E-state index contributed by atoms with van der Waals surface area (Å²) in [6, 6.07) is 7.79. The second-order valence-electron chi connectivity index (χ2n) is 5.14. The molecule has 15 heavy (non-hydrogen) atoms. The van der Waals surface area contributed by atoms with Gasteiger partial charge in [-0.2, -0.15) is 0 Å². The van der Waals surface area contributed by atoms with Gasteiger partial charge in [0.1, 0.15) is 5.75 Å². The predicted molar refractivity (Wildman–Crippen MR) is 63.9 cm³/mol. The number of benzene rings is 1. The molecule has 0 radical (unpaired) electrons. The number of phenols is 1. The summed E-state index contributed by atoms with van der Waals surface area (Å²) < 4.78 is 0. The third-order valence-corrected chi connectivity index (χ3v) is 2.85. The lowest BCUT2D eigenvalue weighted by molar-refractivity contribution is 0.285. The van der Waals surface area contributed by atoms with Crippen LogP contribution in [-0.2, 0) is 6.54 Å². The first-order chi connectivity index (χ1) is 6.89. The van der Waals surface area contributed by atoms with Crippen molar-refractivity contribution in [1.29, 1.82) is 0 Å². The Morgan fingerprint density at radius 1 is 1.20 bits per heavy atom. The standard InChI is InChI=1S/C13H21NO/c1-10(13(2,3)4)14-9-11-5-7-12(15)8-6-11/h5-8,10,14-15H,9H2,1-4H3. The van der Waals surface area contributed by atoms with Crippen LogP contribution in [-0.4, -0.2) is 11.1 Å². The van der Waals surface area contributed by atoms with Crippen LogP contribution in [0.1, 0.15) is 33.3 Å². The number of aromatic hydroxyl groups is 1. The van der Waals surface area contributed by atoms with Crippen molar-refractivity contribution in [3.05, 3.63) is 29.8 Å². The molecule has 0 saturated heterocycles. The maximum Gasteiger partial charge on any atom is 0.115 e. The summed E-state index contributed by atoms with van der Waals surface area (Å²) in [5.74, 6) is 0.322. The molecule has 1 aromatic rings. The van der Waals surface area contributed by atoms with E-state index in [9.17, 15) is 0 Å². The summed E-state index contributed by atoms with van der Waals surface area (Å²) in [6.07, 6.45) is 0. The van der Waals surface area contributed by atoms with Crippen LogP contribution in [0, 0.1) is 5.41 Å². The summed E-state index contributed by atoms with van der Waals surface area (Å²) in [6.45, 7) is 9.71. The molecule has 1 unspecified atom stereocenters. The van der Waals surface area contributed by atoms with Gasteiger partial charge in [0.25, 0.3) is 0 Å². The first-order valence-corrected chi connectivity index (χ1v) is 5.41. The van der Waals surface area contributed by atoms with E-state index in [1.165, 1.54) is 5.56 Å². The molecule has 2 heteroatoms. The average Bonchev–Trinajstić information content (AvgIpc) is 2.15. The lowest BCUT2D eigenvalue weighted by Gasteiger charge is -2.28. The maximum atomic E-state index is 9.14. The molecule has 84 valence electrons. The highest BCUT2D eigenvalue weighted by molar-refractivity contribution is 5.25. The van der Waals surface area contributed by atoms with Gasteiger partial charge in [-0.15, -0.1) is 0 Å². The molecule has 0 aliphatic carbocycles. The van der Waals surface area contributed by atoms with Crippen LogP contribution >= 0.6 is 0 Å². The number of hydrogen-bond acceptors (Lipinski definition) is 2. The zero-order chi connectivity index (χ0) is 11.5. The normalized spacial score (nSPS) is 13.9. The van der Waals surface area contributed by atoms with Gasteiger partial charge >= 0.3 is 0 Å². The highest BCUT2D eigenvalue weighted by atomic mass is 16.3. The van der Waals surface area contributed by atoms with E-state index >= 15 is 0 Å². The molecule has 0 aliphatic heterocycles. The fourth-order valence-electron chi connectivity index (χ4n) is 1.19. The molecule has 0 heterocycles. The van der Waals surface area contributed by atoms with Gasteiger partial charge in [-0.25, -0.2) is 0 Å². The molecule has 0 aliphatic rings. The quantitative estimate of drug-likeness (QED) is 0.798. The minimum Gasteiger partial charge on any atom is -0.508 e. The minimum absolute atomic E-state index is 0.275. The molecule has 0 saturated carbocycles. The van der Waals surface area contributed by atoms with Crippen molar-refractivity contribution < 1.29 is 5.11 Å². The first kappa shape index (κ1) is 12.1. The molecule has 0 fully saturated rings. The van der Waals surface area contributed by atoms with Gasteiger partial charge in [0.15, 0.2) is 0 Å². The summed E-state index contributed by atoms with van der Waals surface area (Å²) in [5.41, 5.74) is 1.47. The number of rotatable bonds is 3. The molecular formula is C13H21NO. The number of hydrogen-bond donors (Lipinski definition) is 2. The van der Waals surface area contributed by atoms with E-state index in [0.29, 0.717) is 11.8 Å². The van der Waals surface area contributed by atoms with E-state index in [0.717, 1.165) is 6.54 Å². The molecule has 1 rings (SSSR count). The van der Waals surface area contributed by atoms with Crippen LogP contribution in [0.25, 0.3) is 0 Å². The summed E-state index contributed by atoms with van der Waals surface area (Å²) >= 11 is 0. The van der Waals surface area contributed by atoms with Crippen LogP contribution in [0.4, 0.5) is 0 Å². The van der Waals surface area contributed by atoms with E-state index in [4.69, 9.17) is 5.11 Å². The molecule has 0 bridgehead atoms. The summed E-state index contributed by atoms with van der Waals surface area (Å²) in [5, 5.41) is 12.6. The van der Waals surface area contributed by atoms with Gasteiger partial charge in [-0.1, -0.05) is 32.9 Å². The van der Waals surface area contributed by atoms with Crippen molar-refractivity contribution >= 4 is 0 Å². The number of nitrogens with one attached hydrogen (secondary N) is 1. The third kappa shape index (κ3) is 3.92. The summed E-state index contributed by atoms with van der Waals surface area (Å²) in [4.78, 5) is 0. The first-order valence-electron chi connectivity index (χ1n) is 5.41. The zero-order valence-electron chi connectivity index (χ0n) is 10.0. The van der Waals surface area contributed by atoms with E-state index in [1.54, 1.807) is 12.1 Å². The van der Waals surface area contributed by atoms with Crippen LogP contribution in [0.5, 0.6) is 5.75 Å². The van der Waals surface area contributed by atoms with Crippen molar-refractivity contribution in [2.75, 3.05) is 0 Å². The molecule has 1 atom stereocenters. The Morgan fingerprint density at radius 3 is 2.20 bits per heavy atom. The zero-order valence-corrected chi connectivity index (χ0v) is 10.0. The Kier molecular flexibility index (Phi) is 3.75. The highest BCUT2D eigenvalue weighted by Crippen LogP contribution is 2.19. The Hall–Kier alpha value is -1.02. The lowest BCUT2D eigenvalue weighted by Crippen LogP contribution is -2.37. The second-order valence-corrected chi connectivity index (χ2v) is 5.14. The molecule has 0 aromatic heterocycles. The number of phenolic OH excluding ortho intramolecular Hbond substituents is 1. The van der Waals surface area contributed by atoms with Crippen molar-refractivity contribution in [2.45, 2.75) is 40.3 Å². The van der Waals surface area contributed by atoms with Crippen molar-refractivity contribution in [2.24, 2.45) is 5.41 Å². The smallest absolute Gasteiger partial charge is 0.115 e. The average molecular weight is 207 g/mol. The van der Waals surface area contributed by atoms with Gasteiger partial charge in [0.2, 0.25) is 0 Å². The van der Waals surface area contributed by atoms with Crippen LogP contribution in [0.15, 0.2) is 24.3 Å². The van der Waals surface area contributed by atoms with Gasteiger partial charge in [-0.05, 0) is 30.0 Å². The molecule has 1 aromatic carbocycles. The SMILES string of the molecule is CC(NCc1ccc(O)cc1)C(C)(C)C. The Balaban J connectivity index is 2.47. The predicted octanol–water partition coefficient (Wildman–Crippen LogP) is 2.92. The van der Waals surface area contributed by atoms with Gasteiger partial charge < -0.3 is 10.4 Å². The lowest BCUT2D eigenvalue weighted by atomic mass is 9.88. The monoisotopic (exact) mass is 207 g/mol. The van der Waals surface area contributed by atoms with Gasteiger partial charge in [-0.3, -0.25) is 0 Å². The van der Waals surface area contributed by atoms with Crippen molar-refractivity contribution in [3.8, 4) is 5.75 Å². The van der Waals surface area contributed by atoms with E-state index in [1.807, 2.05) is 12.1 Å². The maximum absolute atomic E-state index is 9.14. The highest BCUT2D eigenvalue weighted by Gasteiger charge is 2.18. The Bertz CT molecular complexity index is 297. The van der Waals surface area contributed by atoms with Crippen molar-refractivity contribution in [1.82, 2.24) is 5.32 Å². The van der Waals surface area contributed by atoms with Crippen LogP contribution in [0.2, 0.25) is 0 Å². The largest absolute Gasteiger partial charge is 0.508 e. The third-order valence-electron chi connectivity index (χ3n) is 2.85. The molecule has 2 N–H and O–H groups in total. The second kappa shape index (κ2) is 4.67. The Morgan fingerprint density at radius 2 is 1.73 bits per heavy atom. The summed E-state index contributed by atoms with van der Waals surface area (Å²) in [7, 11) is 0. The van der Waals surface area contributed by atoms with E-state index in [2.05, 4.69) is 33.0 Å². The van der Waals surface area contributed by atoms with E-state index < -0.39 is 0 Å². The minimum atomic E-state index is 0.275. The fraction of sp³-hybridized carbons (Fsp3) is 0.538. The fourth-order valence-corrected chi connectivity index (χ4v) is 1.19. The van der Waals surface area contributed by atoms with Gasteiger partial charge in [0, 0.05) is 12.6 Å². The Labute approximate surface area is 92.3 Å². The van der Waals surface area contributed by atoms with Gasteiger partial charge in [0.05, 0.1) is 0 Å². The molecule has 0 amide bonds. The van der Waals surface area contributed by atoms with E-state index in [-0.39, 0.29) is 5.41 Å². The van der Waals surface area contributed by atoms with Crippen molar-refractivity contribution in [3.63, 3.8) is 0 Å². The van der Waals surface area contributed by atoms with Crippen LogP contribution in [0.3, 0.4) is 0 Å². The van der Waals surface area contributed by atoms with Crippen LogP contribution < -0.4 is 5.32 Å². The molecule has 0 spiro atoms.